The van der Waals surface area contributed by atoms with E-state index in [1.807, 2.05) is 6.07 Å². The van der Waals surface area contributed by atoms with Crippen LogP contribution in [0.15, 0.2) is 65.4 Å². The topological polar surface area (TPSA) is 61.4 Å². The number of rotatable bonds is 5. The molecule has 4 rings (SSSR count). The van der Waals surface area contributed by atoms with Gasteiger partial charge < -0.3 is 10.2 Å². The predicted molar refractivity (Wildman–Crippen MR) is 123 cm³/mol. The molecule has 1 saturated heterocycles. The Labute approximate surface area is 189 Å². The lowest BCUT2D eigenvalue weighted by Crippen LogP contribution is -2.46. The molecule has 0 bridgehead atoms. The second-order valence-corrected chi connectivity index (χ2v) is 8.41. The molecule has 0 radical (unpaired) electrons. The summed E-state index contributed by atoms with van der Waals surface area (Å²) in [4.78, 5) is 25.8. The smallest absolute Gasteiger partial charge is 0.258 e. The van der Waals surface area contributed by atoms with Gasteiger partial charge in [0.2, 0.25) is 0 Å². The summed E-state index contributed by atoms with van der Waals surface area (Å²) < 4.78 is 0.786. The number of nitrogens with zero attached hydrogens (tertiary/aromatic N) is 4. The quantitative estimate of drug-likeness (QED) is 0.577. The van der Waals surface area contributed by atoms with Crippen molar-refractivity contribution in [3.05, 3.63) is 81.5 Å². The SMILES string of the molecule is O=C(Nc1cc(N2CCN(Cc3ccccc3)CC2)ncn1)c1cc(Br)ccc1Cl. The highest BCUT2D eigenvalue weighted by Gasteiger charge is 2.19. The van der Waals surface area contributed by atoms with Crippen molar-refractivity contribution in [3.8, 4) is 0 Å². The number of hydrogen-bond acceptors (Lipinski definition) is 5. The van der Waals surface area contributed by atoms with Gasteiger partial charge in [-0.25, -0.2) is 9.97 Å². The molecule has 0 atom stereocenters. The van der Waals surface area contributed by atoms with E-state index in [1.165, 1.54) is 11.9 Å². The third-order valence-electron chi connectivity index (χ3n) is 5.01. The third-order valence-corrected chi connectivity index (χ3v) is 5.84. The van der Waals surface area contributed by atoms with Gasteiger partial charge in [-0.05, 0) is 23.8 Å². The highest BCUT2D eigenvalue weighted by atomic mass is 79.9. The molecule has 0 aliphatic carbocycles. The van der Waals surface area contributed by atoms with Crippen LogP contribution in [0.5, 0.6) is 0 Å². The van der Waals surface area contributed by atoms with Crippen molar-refractivity contribution in [1.82, 2.24) is 14.9 Å². The lowest BCUT2D eigenvalue weighted by Gasteiger charge is -2.35. The molecule has 0 unspecified atom stereocenters. The van der Waals surface area contributed by atoms with Gasteiger partial charge in [0.1, 0.15) is 18.0 Å². The highest BCUT2D eigenvalue weighted by molar-refractivity contribution is 9.10. The van der Waals surface area contributed by atoms with Crippen molar-refractivity contribution in [2.45, 2.75) is 6.54 Å². The molecule has 2 heterocycles. The minimum absolute atomic E-state index is 0.307. The fourth-order valence-corrected chi connectivity index (χ4v) is 3.98. The maximum Gasteiger partial charge on any atom is 0.258 e. The Kier molecular flexibility index (Phi) is 6.62. The molecule has 30 heavy (non-hydrogen) atoms. The Bertz CT molecular complexity index is 1030. The number of amides is 1. The number of anilines is 2. The molecule has 1 aromatic heterocycles. The van der Waals surface area contributed by atoms with Gasteiger partial charge in [-0.15, -0.1) is 0 Å². The summed E-state index contributed by atoms with van der Waals surface area (Å²) in [5.74, 6) is 0.950. The number of piperazine rings is 1. The normalized spacial score (nSPS) is 14.5. The summed E-state index contributed by atoms with van der Waals surface area (Å²) in [6.45, 7) is 4.60. The fourth-order valence-electron chi connectivity index (χ4n) is 3.42. The van der Waals surface area contributed by atoms with Crippen molar-refractivity contribution in [3.63, 3.8) is 0 Å². The van der Waals surface area contributed by atoms with Crippen molar-refractivity contribution in [2.75, 3.05) is 36.4 Å². The molecule has 8 heteroatoms. The molecule has 2 aromatic carbocycles. The molecule has 1 aliphatic heterocycles. The van der Waals surface area contributed by atoms with Crippen molar-refractivity contribution >= 4 is 45.1 Å². The van der Waals surface area contributed by atoms with Gasteiger partial charge in [-0.3, -0.25) is 9.69 Å². The summed E-state index contributed by atoms with van der Waals surface area (Å²) in [6, 6.07) is 17.5. The van der Waals surface area contributed by atoms with E-state index in [9.17, 15) is 4.79 Å². The number of nitrogens with one attached hydrogen (secondary N) is 1. The van der Waals surface area contributed by atoms with Crippen LogP contribution in [0, 0.1) is 0 Å². The second kappa shape index (κ2) is 9.55. The predicted octanol–water partition coefficient (Wildman–Crippen LogP) is 4.47. The summed E-state index contributed by atoms with van der Waals surface area (Å²) in [6.07, 6.45) is 1.48. The highest BCUT2D eigenvalue weighted by Crippen LogP contribution is 2.23. The van der Waals surface area contributed by atoms with Crippen LogP contribution in [0.1, 0.15) is 15.9 Å². The first-order valence-electron chi connectivity index (χ1n) is 9.68. The molecule has 0 spiro atoms. The van der Waals surface area contributed by atoms with Gasteiger partial charge in [0.15, 0.2) is 0 Å². The summed E-state index contributed by atoms with van der Waals surface area (Å²) >= 11 is 9.52. The van der Waals surface area contributed by atoms with E-state index < -0.39 is 0 Å². The molecule has 1 N–H and O–H groups in total. The molecular formula is C22H21BrClN5O. The zero-order valence-electron chi connectivity index (χ0n) is 16.3. The van der Waals surface area contributed by atoms with Gasteiger partial charge in [-0.2, -0.15) is 0 Å². The van der Waals surface area contributed by atoms with Crippen LogP contribution in [0.2, 0.25) is 5.02 Å². The Morgan fingerprint density at radius 1 is 1.03 bits per heavy atom. The largest absolute Gasteiger partial charge is 0.354 e. The van der Waals surface area contributed by atoms with E-state index in [-0.39, 0.29) is 5.91 Å². The van der Waals surface area contributed by atoms with E-state index in [0.29, 0.717) is 16.4 Å². The van der Waals surface area contributed by atoms with Gasteiger partial charge >= 0.3 is 0 Å². The number of benzene rings is 2. The first kappa shape index (κ1) is 20.8. The van der Waals surface area contributed by atoms with E-state index in [4.69, 9.17) is 11.6 Å². The van der Waals surface area contributed by atoms with Gasteiger partial charge in [0.05, 0.1) is 10.6 Å². The van der Waals surface area contributed by atoms with Crippen LogP contribution < -0.4 is 10.2 Å². The van der Waals surface area contributed by atoms with Crippen LogP contribution >= 0.6 is 27.5 Å². The molecule has 1 amide bonds. The number of carbonyl (C=O) groups excluding carboxylic acids is 1. The summed E-state index contributed by atoms with van der Waals surface area (Å²) in [5.41, 5.74) is 1.71. The molecule has 154 valence electrons. The standard InChI is InChI=1S/C22H21BrClN5O/c23-17-6-7-19(24)18(12-17)22(30)27-20-13-21(26-15-25-20)29-10-8-28(9-11-29)14-16-4-2-1-3-5-16/h1-7,12-13,15H,8-11,14H2,(H,25,26,27,30). The fraction of sp³-hybridized carbons (Fsp3) is 0.227. The molecule has 3 aromatic rings. The van der Waals surface area contributed by atoms with Crippen LogP contribution in [0.4, 0.5) is 11.6 Å². The van der Waals surface area contributed by atoms with E-state index >= 15 is 0 Å². The van der Waals surface area contributed by atoms with Gasteiger partial charge in [-0.1, -0.05) is 57.9 Å². The van der Waals surface area contributed by atoms with Crippen LogP contribution in [0.3, 0.4) is 0 Å². The zero-order chi connectivity index (χ0) is 20.9. The number of halogens is 2. The van der Waals surface area contributed by atoms with Gasteiger partial charge in [0, 0.05) is 43.3 Å². The molecule has 1 aliphatic rings. The molecule has 6 nitrogen and oxygen atoms in total. The van der Waals surface area contributed by atoms with Crippen LogP contribution in [-0.4, -0.2) is 47.0 Å². The number of hydrogen-bond donors (Lipinski definition) is 1. The Morgan fingerprint density at radius 3 is 2.57 bits per heavy atom. The Morgan fingerprint density at radius 2 is 1.80 bits per heavy atom. The summed E-state index contributed by atoms with van der Waals surface area (Å²) in [5, 5.41) is 3.20. The first-order chi connectivity index (χ1) is 14.6. The lowest BCUT2D eigenvalue weighted by molar-refractivity contribution is 0.102. The minimum Gasteiger partial charge on any atom is -0.354 e. The second-order valence-electron chi connectivity index (χ2n) is 7.09. The average molecular weight is 487 g/mol. The zero-order valence-corrected chi connectivity index (χ0v) is 18.6. The van der Waals surface area contributed by atoms with E-state index in [2.05, 4.69) is 65.3 Å². The van der Waals surface area contributed by atoms with Crippen LogP contribution in [-0.2, 0) is 6.54 Å². The average Bonchev–Trinajstić information content (AvgIpc) is 2.77. The molecule has 1 fully saturated rings. The molecular weight excluding hydrogens is 466 g/mol. The Hall–Kier alpha value is -2.48. The summed E-state index contributed by atoms with van der Waals surface area (Å²) in [7, 11) is 0. The maximum absolute atomic E-state index is 12.6. The van der Waals surface area contributed by atoms with Crippen LogP contribution in [0.25, 0.3) is 0 Å². The maximum atomic E-state index is 12.6. The lowest BCUT2D eigenvalue weighted by atomic mass is 10.2. The monoisotopic (exact) mass is 485 g/mol. The first-order valence-corrected chi connectivity index (χ1v) is 10.9. The number of carbonyl (C=O) groups is 1. The third kappa shape index (κ3) is 5.16. The molecule has 0 saturated carbocycles. The van der Waals surface area contributed by atoms with Gasteiger partial charge in [0.25, 0.3) is 5.91 Å². The van der Waals surface area contributed by atoms with Crippen molar-refractivity contribution in [2.24, 2.45) is 0 Å². The van der Waals surface area contributed by atoms with E-state index in [0.717, 1.165) is 43.0 Å². The number of aromatic nitrogens is 2. The van der Waals surface area contributed by atoms with Crippen molar-refractivity contribution < 1.29 is 4.79 Å². The Balaban J connectivity index is 1.38. The van der Waals surface area contributed by atoms with Crippen molar-refractivity contribution in [1.29, 1.82) is 0 Å². The minimum atomic E-state index is -0.307. The van der Waals surface area contributed by atoms with E-state index in [1.54, 1.807) is 24.3 Å².